The molecule has 4 rings (SSSR count). The maximum atomic E-state index is 12.6. The quantitative estimate of drug-likeness (QED) is 0.566. The number of carbonyl (C=O) groups excluding carboxylic acids is 1. The van der Waals surface area contributed by atoms with E-state index in [1.165, 1.54) is 0 Å². The summed E-state index contributed by atoms with van der Waals surface area (Å²) in [4.78, 5) is 21.4. The van der Waals surface area contributed by atoms with Crippen molar-refractivity contribution >= 4 is 33.5 Å². The second-order valence-corrected chi connectivity index (χ2v) is 8.19. The van der Waals surface area contributed by atoms with Crippen molar-refractivity contribution in [2.24, 2.45) is 0 Å². The van der Waals surface area contributed by atoms with Crippen LogP contribution >= 0.6 is 11.3 Å². The summed E-state index contributed by atoms with van der Waals surface area (Å²) in [6, 6.07) is 13.8. The molecule has 1 aliphatic heterocycles. The normalized spacial score (nSPS) is 15.1. The topological polar surface area (TPSA) is 54.9 Å². The van der Waals surface area contributed by atoms with E-state index in [1.807, 2.05) is 53.4 Å². The molecule has 30 heavy (non-hydrogen) atoms. The molecule has 3 aromatic rings. The highest BCUT2D eigenvalue weighted by molar-refractivity contribution is 7.19. The van der Waals surface area contributed by atoms with Crippen LogP contribution in [0.4, 0.5) is 0 Å². The number of hydrogen-bond donors (Lipinski definition) is 0. The van der Waals surface area contributed by atoms with Gasteiger partial charge in [-0.3, -0.25) is 9.69 Å². The van der Waals surface area contributed by atoms with E-state index in [2.05, 4.69) is 9.88 Å². The zero-order chi connectivity index (χ0) is 20.9. The van der Waals surface area contributed by atoms with Gasteiger partial charge >= 0.3 is 0 Å². The fourth-order valence-electron chi connectivity index (χ4n) is 3.58. The summed E-state index contributed by atoms with van der Waals surface area (Å²) in [7, 11) is 3.34. The molecule has 1 fully saturated rings. The van der Waals surface area contributed by atoms with Crippen LogP contribution in [0.2, 0.25) is 0 Å². The Bertz CT molecular complexity index is 1020. The number of hydrogen-bond acceptors (Lipinski definition) is 6. The molecule has 0 bridgehead atoms. The molecular formula is C23H25N3O3S. The third kappa shape index (κ3) is 4.63. The average molecular weight is 424 g/mol. The molecule has 6 nitrogen and oxygen atoms in total. The van der Waals surface area contributed by atoms with E-state index in [1.54, 1.807) is 31.6 Å². The second kappa shape index (κ2) is 9.28. The van der Waals surface area contributed by atoms with Crippen molar-refractivity contribution in [2.75, 3.05) is 40.4 Å². The smallest absolute Gasteiger partial charge is 0.246 e. The first-order valence-electron chi connectivity index (χ1n) is 9.92. The van der Waals surface area contributed by atoms with Gasteiger partial charge in [0.2, 0.25) is 5.91 Å². The van der Waals surface area contributed by atoms with Crippen molar-refractivity contribution in [3.05, 3.63) is 59.1 Å². The summed E-state index contributed by atoms with van der Waals surface area (Å²) in [5.41, 5.74) is 2.06. The number of thiazole rings is 1. The monoisotopic (exact) mass is 423 g/mol. The summed E-state index contributed by atoms with van der Waals surface area (Å²) in [6.07, 6.45) is 3.46. The van der Waals surface area contributed by atoms with Crippen LogP contribution in [0, 0.1) is 0 Å². The standard InChI is InChI=1S/C23H25N3O3S/c1-28-18-7-8-20(29-2)17(15-18)16-25-11-13-26(14-12-25)23(27)10-9-22-24-19-5-3-4-6-21(19)30-22/h3-10,15H,11-14,16H2,1-2H3/b10-9+. The van der Waals surface area contributed by atoms with Crippen molar-refractivity contribution in [1.82, 2.24) is 14.8 Å². The molecular weight excluding hydrogens is 398 g/mol. The minimum absolute atomic E-state index is 0.0351. The number of amides is 1. The number of ether oxygens (including phenoxy) is 2. The van der Waals surface area contributed by atoms with E-state index in [-0.39, 0.29) is 5.91 Å². The lowest BCUT2D eigenvalue weighted by molar-refractivity contribution is -0.127. The van der Waals surface area contributed by atoms with Gasteiger partial charge < -0.3 is 14.4 Å². The Hall–Kier alpha value is -2.90. The van der Waals surface area contributed by atoms with E-state index in [0.29, 0.717) is 13.1 Å². The molecule has 1 aliphatic rings. The zero-order valence-electron chi connectivity index (χ0n) is 17.2. The third-order valence-corrected chi connectivity index (χ3v) is 6.25. The first-order chi connectivity index (χ1) is 14.7. The van der Waals surface area contributed by atoms with Crippen LogP contribution in [-0.4, -0.2) is 61.1 Å². The number of methoxy groups -OCH3 is 2. The lowest BCUT2D eigenvalue weighted by Crippen LogP contribution is -2.47. The molecule has 0 aliphatic carbocycles. The Morgan fingerprint density at radius 2 is 1.90 bits per heavy atom. The van der Waals surface area contributed by atoms with Crippen molar-refractivity contribution in [2.45, 2.75) is 6.54 Å². The molecule has 0 unspecified atom stereocenters. The van der Waals surface area contributed by atoms with E-state index in [0.717, 1.165) is 51.9 Å². The van der Waals surface area contributed by atoms with Gasteiger partial charge in [-0.2, -0.15) is 0 Å². The number of piperazine rings is 1. The molecule has 0 spiro atoms. The number of nitrogens with zero attached hydrogens (tertiary/aromatic N) is 3. The highest BCUT2D eigenvalue weighted by Gasteiger charge is 2.21. The van der Waals surface area contributed by atoms with E-state index in [9.17, 15) is 4.79 Å². The van der Waals surface area contributed by atoms with Crippen LogP contribution in [0.1, 0.15) is 10.6 Å². The second-order valence-electron chi connectivity index (χ2n) is 7.13. The number of para-hydroxylation sites is 1. The van der Waals surface area contributed by atoms with Crippen molar-refractivity contribution in [3.63, 3.8) is 0 Å². The molecule has 156 valence electrons. The largest absolute Gasteiger partial charge is 0.497 e. The molecule has 2 heterocycles. The van der Waals surface area contributed by atoms with Crippen LogP contribution in [0.3, 0.4) is 0 Å². The molecule has 2 aromatic carbocycles. The molecule has 0 atom stereocenters. The first-order valence-corrected chi connectivity index (χ1v) is 10.7. The Morgan fingerprint density at radius 1 is 1.10 bits per heavy atom. The predicted octanol–water partition coefficient (Wildman–Crippen LogP) is 3.67. The molecule has 0 N–H and O–H groups in total. The van der Waals surface area contributed by atoms with Gasteiger partial charge in [-0.25, -0.2) is 4.98 Å². The molecule has 1 aromatic heterocycles. The van der Waals surface area contributed by atoms with Crippen LogP contribution in [0.5, 0.6) is 11.5 Å². The van der Waals surface area contributed by atoms with Gasteiger partial charge in [-0.05, 0) is 36.4 Å². The van der Waals surface area contributed by atoms with Gasteiger partial charge in [0.1, 0.15) is 16.5 Å². The Balaban J connectivity index is 1.33. The SMILES string of the molecule is COc1ccc(OC)c(CN2CCN(C(=O)/C=C/c3nc4ccccc4s3)CC2)c1. The molecule has 0 radical (unpaired) electrons. The van der Waals surface area contributed by atoms with E-state index >= 15 is 0 Å². The number of carbonyl (C=O) groups is 1. The summed E-state index contributed by atoms with van der Waals surface area (Å²) >= 11 is 1.59. The maximum Gasteiger partial charge on any atom is 0.246 e. The van der Waals surface area contributed by atoms with Crippen molar-refractivity contribution in [3.8, 4) is 11.5 Å². The Labute approximate surface area is 180 Å². The van der Waals surface area contributed by atoms with Gasteiger partial charge in [0, 0.05) is 44.4 Å². The molecule has 0 saturated carbocycles. The number of aromatic nitrogens is 1. The van der Waals surface area contributed by atoms with E-state index < -0.39 is 0 Å². The van der Waals surface area contributed by atoms with Gasteiger partial charge in [0.25, 0.3) is 0 Å². The lowest BCUT2D eigenvalue weighted by atomic mass is 10.1. The fourth-order valence-corrected chi connectivity index (χ4v) is 4.45. The van der Waals surface area contributed by atoms with Crippen molar-refractivity contribution < 1.29 is 14.3 Å². The summed E-state index contributed by atoms with van der Waals surface area (Å²) in [6.45, 7) is 3.82. The number of rotatable bonds is 6. The average Bonchev–Trinajstić information content (AvgIpc) is 3.21. The van der Waals surface area contributed by atoms with Gasteiger partial charge in [-0.15, -0.1) is 11.3 Å². The predicted molar refractivity (Wildman–Crippen MR) is 120 cm³/mol. The van der Waals surface area contributed by atoms with Gasteiger partial charge in [0.15, 0.2) is 0 Å². The maximum absolute atomic E-state index is 12.6. The Kier molecular flexibility index (Phi) is 6.30. The van der Waals surface area contributed by atoms with Crippen LogP contribution in [0.15, 0.2) is 48.5 Å². The summed E-state index contributed by atoms with van der Waals surface area (Å²) < 4.78 is 11.9. The zero-order valence-corrected chi connectivity index (χ0v) is 18.0. The van der Waals surface area contributed by atoms with E-state index in [4.69, 9.17) is 9.47 Å². The molecule has 1 saturated heterocycles. The molecule has 1 amide bonds. The Morgan fingerprint density at radius 3 is 2.63 bits per heavy atom. The number of benzene rings is 2. The minimum atomic E-state index is 0.0351. The van der Waals surface area contributed by atoms with Crippen molar-refractivity contribution in [1.29, 1.82) is 0 Å². The lowest BCUT2D eigenvalue weighted by Gasteiger charge is -2.34. The summed E-state index contributed by atoms with van der Waals surface area (Å²) in [5.74, 6) is 1.71. The highest BCUT2D eigenvalue weighted by atomic mass is 32.1. The highest BCUT2D eigenvalue weighted by Crippen LogP contribution is 2.26. The molecule has 7 heteroatoms. The third-order valence-electron chi connectivity index (χ3n) is 5.24. The first kappa shape index (κ1) is 20.4. The van der Waals surface area contributed by atoms with Crippen LogP contribution in [0.25, 0.3) is 16.3 Å². The number of fused-ring (bicyclic) bond motifs is 1. The van der Waals surface area contributed by atoms with Gasteiger partial charge in [-0.1, -0.05) is 12.1 Å². The minimum Gasteiger partial charge on any atom is -0.497 e. The fraction of sp³-hybridized carbons (Fsp3) is 0.304. The van der Waals surface area contributed by atoms with Crippen LogP contribution in [-0.2, 0) is 11.3 Å². The van der Waals surface area contributed by atoms with Gasteiger partial charge in [0.05, 0.1) is 24.4 Å². The van der Waals surface area contributed by atoms with Crippen LogP contribution < -0.4 is 9.47 Å². The summed E-state index contributed by atoms with van der Waals surface area (Å²) in [5, 5.41) is 0.855.